The molecule has 112 valence electrons. The molecule has 0 saturated heterocycles. The van der Waals surface area contributed by atoms with Crippen LogP contribution in [0.15, 0.2) is 47.6 Å². The Kier molecular flexibility index (Phi) is 4.47. The molecule has 2 rings (SSSR count). The van der Waals surface area contributed by atoms with Crippen molar-refractivity contribution >= 4 is 17.9 Å². The van der Waals surface area contributed by atoms with Crippen LogP contribution in [-0.2, 0) is 0 Å². The first-order valence-electron chi connectivity index (χ1n) is 6.41. The Balaban J connectivity index is 2.42. The van der Waals surface area contributed by atoms with Gasteiger partial charge in [-0.1, -0.05) is 29.8 Å². The molecule has 0 aromatic heterocycles. The number of rotatable bonds is 4. The summed E-state index contributed by atoms with van der Waals surface area (Å²) in [6.45, 7) is 1.98. The minimum Gasteiger partial charge on any atom is -0.350 e. The van der Waals surface area contributed by atoms with Gasteiger partial charge in [0.2, 0.25) is 0 Å². The molecule has 0 atom stereocenters. The van der Waals surface area contributed by atoms with Crippen molar-refractivity contribution in [1.82, 2.24) is 5.43 Å². The van der Waals surface area contributed by atoms with Crippen molar-refractivity contribution < 1.29 is 9.72 Å². The number of primary amides is 1. The van der Waals surface area contributed by atoms with Gasteiger partial charge in [0.05, 0.1) is 16.7 Å². The Morgan fingerprint density at radius 3 is 2.45 bits per heavy atom. The number of nitro groups is 1. The van der Waals surface area contributed by atoms with Crippen LogP contribution in [0.3, 0.4) is 0 Å². The van der Waals surface area contributed by atoms with Crippen LogP contribution in [0.25, 0.3) is 11.1 Å². The minimum atomic E-state index is -0.839. The van der Waals surface area contributed by atoms with Gasteiger partial charge in [-0.15, -0.1) is 0 Å². The molecule has 0 aliphatic rings. The number of benzene rings is 2. The molecule has 0 spiro atoms. The van der Waals surface area contributed by atoms with Gasteiger partial charge < -0.3 is 5.73 Å². The summed E-state index contributed by atoms with van der Waals surface area (Å²) in [5.74, 6) is 0. The summed E-state index contributed by atoms with van der Waals surface area (Å²) in [6, 6.07) is 11.6. The highest BCUT2D eigenvalue weighted by Gasteiger charge is 2.13. The first-order valence-corrected chi connectivity index (χ1v) is 6.41. The van der Waals surface area contributed by atoms with E-state index in [1.807, 2.05) is 36.6 Å². The fraction of sp³-hybridized carbons (Fsp3) is 0.0667. The van der Waals surface area contributed by atoms with Crippen molar-refractivity contribution in [3.63, 3.8) is 0 Å². The molecule has 3 N–H and O–H groups in total. The third kappa shape index (κ3) is 3.66. The molecule has 0 aliphatic heterocycles. The number of nitrogens with zero attached hydrogens (tertiary/aromatic N) is 2. The molecule has 0 saturated carbocycles. The van der Waals surface area contributed by atoms with Crippen molar-refractivity contribution in [2.75, 3.05) is 0 Å². The van der Waals surface area contributed by atoms with E-state index in [1.165, 1.54) is 12.3 Å². The second-order valence-corrected chi connectivity index (χ2v) is 4.63. The number of hydrogen-bond acceptors (Lipinski definition) is 4. The molecule has 2 aromatic carbocycles. The Morgan fingerprint density at radius 1 is 1.23 bits per heavy atom. The Labute approximate surface area is 126 Å². The Hall–Kier alpha value is -3.22. The molecule has 2 aromatic rings. The number of nitrogens with one attached hydrogen (secondary N) is 1. The predicted molar refractivity (Wildman–Crippen MR) is 83.6 cm³/mol. The zero-order valence-corrected chi connectivity index (χ0v) is 11.8. The van der Waals surface area contributed by atoms with Gasteiger partial charge in [0.1, 0.15) is 0 Å². The lowest BCUT2D eigenvalue weighted by Gasteiger charge is -2.04. The normalized spacial score (nSPS) is 10.6. The summed E-state index contributed by atoms with van der Waals surface area (Å²) in [7, 11) is 0. The molecule has 0 bridgehead atoms. The van der Waals surface area contributed by atoms with Crippen molar-refractivity contribution in [2.24, 2.45) is 10.8 Å². The molecule has 7 heteroatoms. The van der Waals surface area contributed by atoms with Gasteiger partial charge in [0.25, 0.3) is 5.69 Å². The highest BCUT2D eigenvalue weighted by atomic mass is 16.6. The lowest BCUT2D eigenvalue weighted by molar-refractivity contribution is -0.385. The fourth-order valence-corrected chi connectivity index (χ4v) is 1.92. The molecule has 0 unspecified atom stereocenters. The standard InChI is InChI=1S/C15H14N4O3/c1-10-2-4-11(5-3-10)12-6-7-14(19(21)22)13(8-12)9-17-18-15(16)20/h2-9H,1H3,(H3,16,18,20). The van der Waals surface area contributed by atoms with Gasteiger partial charge in [-0.25, -0.2) is 10.2 Å². The van der Waals surface area contributed by atoms with Crippen molar-refractivity contribution in [2.45, 2.75) is 6.92 Å². The van der Waals surface area contributed by atoms with Crippen molar-refractivity contribution in [1.29, 1.82) is 0 Å². The molecule has 7 nitrogen and oxygen atoms in total. The summed E-state index contributed by atoms with van der Waals surface area (Å²) in [5.41, 5.74) is 9.94. The first kappa shape index (κ1) is 15.2. The van der Waals surface area contributed by atoms with Crippen LogP contribution in [0.4, 0.5) is 10.5 Å². The molecular weight excluding hydrogens is 284 g/mol. The number of urea groups is 1. The molecular formula is C15H14N4O3. The topological polar surface area (TPSA) is 111 Å². The smallest absolute Gasteiger partial charge is 0.332 e. The van der Waals surface area contributed by atoms with Crippen LogP contribution >= 0.6 is 0 Å². The van der Waals surface area contributed by atoms with E-state index in [1.54, 1.807) is 12.1 Å². The number of hydrazone groups is 1. The summed E-state index contributed by atoms with van der Waals surface area (Å²) in [4.78, 5) is 21.1. The number of amides is 2. The molecule has 0 fully saturated rings. The number of nitrogens with two attached hydrogens (primary N) is 1. The molecule has 0 aliphatic carbocycles. The zero-order chi connectivity index (χ0) is 16.1. The summed E-state index contributed by atoms with van der Waals surface area (Å²) in [6.07, 6.45) is 1.20. The zero-order valence-electron chi connectivity index (χ0n) is 11.8. The molecule has 22 heavy (non-hydrogen) atoms. The van der Waals surface area contributed by atoms with Crippen LogP contribution in [0.5, 0.6) is 0 Å². The van der Waals surface area contributed by atoms with E-state index in [2.05, 4.69) is 5.10 Å². The predicted octanol–water partition coefficient (Wildman–Crippen LogP) is 2.57. The third-order valence-electron chi connectivity index (χ3n) is 2.99. The Bertz CT molecular complexity index is 739. The minimum absolute atomic E-state index is 0.106. The highest BCUT2D eigenvalue weighted by molar-refractivity contribution is 5.88. The number of hydrogen-bond donors (Lipinski definition) is 2. The van der Waals surface area contributed by atoms with Gasteiger partial charge >= 0.3 is 6.03 Å². The van der Waals surface area contributed by atoms with E-state index in [0.29, 0.717) is 0 Å². The summed E-state index contributed by atoms with van der Waals surface area (Å²) >= 11 is 0. The Morgan fingerprint density at radius 2 is 1.86 bits per heavy atom. The van der Waals surface area contributed by atoms with E-state index in [-0.39, 0.29) is 11.3 Å². The average Bonchev–Trinajstić information content (AvgIpc) is 2.47. The van der Waals surface area contributed by atoms with Gasteiger partial charge in [-0.2, -0.15) is 5.10 Å². The maximum atomic E-state index is 11.0. The van der Waals surface area contributed by atoms with E-state index in [4.69, 9.17) is 5.73 Å². The summed E-state index contributed by atoms with van der Waals surface area (Å²) in [5, 5.41) is 14.6. The molecule has 2 amide bonds. The quantitative estimate of drug-likeness (QED) is 0.514. The largest absolute Gasteiger partial charge is 0.350 e. The maximum absolute atomic E-state index is 11.0. The number of nitro benzene ring substituents is 1. The average molecular weight is 298 g/mol. The lowest BCUT2D eigenvalue weighted by atomic mass is 10.0. The van der Waals surface area contributed by atoms with Gasteiger partial charge in [-0.3, -0.25) is 10.1 Å². The van der Waals surface area contributed by atoms with E-state index < -0.39 is 11.0 Å². The van der Waals surface area contributed by atoms with E-state index >= 15 is 0 Å². The van der Waals surface area contributed by atoms with Gasteiger partial charge in [0.15, 0.2) is 0 Å². The number of aryl methyl sites for hydroxylation is 1. The van der Waals surface area contributed by atoms with Crippen LogP contribution in [-0.4, -0.2) is 17.2 Å². The van der Waals surface area contributed by atoms with Gasteiger partial charge in [0, 0.05) is 6.07 Å². The second kappa shape index (κ2) is 6.49. The molecule has 0 radical (unpaired) electrons. The molecule has 0 heterocycles. The number of carbonyl (C=O) groups is 1. The van der Waals surface area contributed by atoms with Crippen molar-refractivity contribution in [3.8, 4) is 11.1 Å². The van der Waals surface area contributed by atoms with Crippen LogP contribution in [0, 0.1) is 17.0 Å². The van der Waals surface area contributed by atoms with Crippen LogP contribution in [0.2, 0.25) is 0 Å². The van der Waals surface area contributed by atoms with E-state index in [9.17, 15) is 14.9 Å². The third-order valence-corrected chi connectivity index (χ3v) is 2.99. The van der Waals surface area contributed by atoms with Gasteiger partial charge in [-0.05, 0) is 30.2 Å². The monoisotopic (exact) mass is 298 g/mol. The van der Waals surface area contributed by atoms with Crippen LogP contribution < -0.4 is 11.2 Å². The maximum Gasteiger partial charge on any atom is 0.332 e. The highest BCUT2D eigenvalue weighted by Crippen LogP contribution is 2.26. The van der Waals surface area contributed by atoms with Crippen LogP contribution in [0.1, 0.15) is 11.1 Å². The second-order valence-electron chi connectivity index (χ2n) is 4.63. The summed E-state index contributed by atoms with van der Waals surface area (Å²) < 4.78 is 0. The van der Waals surface area contributed by atoms with Crippen molar-refractivity contribution in [3.05, 3.63) is 63.7 Å². The fourth-order valence-electron chi connectivity index (χ4n) is 1.92. The SMILES string of the molecule is Cc1ccc(-c2ccc([N+](=O)[O-])c(C=NNC(N)=O)c2)cc1. The van der Waals surface area contributed by atoms with E-state index in [0.717, 1.165) is 16.7 Å². The first-order chi connectivity index (χ1) is 10.5. The lowest BCUT2D eigenvalue weighted by Crippen LogP contribution is -2.24. The number of carbonyl (C=O) groups excluding carboxylic acids is 1.